The molecule has 1 heterocycles. The van der Waals surface area contributed by atoms with Crippen LogP contribution >= 0.6 is 0 Å². The van der Waals surface area contributed by atoms with Crippen LogP contribution in [-0.2, 0) is 4.79 Å². The van der Waals surface area contributed by atoms with Crippen molar-refractivity contribution in [1.82, 2.24) is 4.98 Å². The summed E-state index contributed by atoms with van der Waals surface area (Å²) >= 11 is 0. The summed E-state index contributed by atoms with van der Waals surface area (Å²) in [5, 5.41) is 0. The fourth-order valence-electron chi connectivity index (χ4n) is 2.29. The molecular formula is C13H18N2O. The average molecular weight is 217 g/mol. The number of amides is 1. The topological polar surface area (TPSA) is 33.2 Å². The molecule has 0 aromatic carbocycles. The first-order chi connectivity index (χ1) is 7.79. The Morgan fingerprint density at radius 3 is 2.69 bits per heavy atom. The maximum atomic E-state index is 12.2. The van der Waals surface area contributed by atoms with Crippen LogP contribution in [0.4, 0.5) is 5.82 Å². The highest BCUT2D eigenvalue weighted by Crippen LogP contribution is 2.26. The number of aromatic nitrogens is 1. The Labute approximate surface area is 96.5 Å². The van der Waals surface area contributed by atoms with Gasteiger partial charge in [-0.05, 0) is 25.0 Å². The van der Waals surface area contributed by atoms with E-state index in [4.69, 9.17) is 0 Å². The van der Waals surface area contributed by atoms with E-state index in [0.29, 0.717) is 0 Å². The Kier molecular flexibility index (Phi) is 3.54. The van der Waals surface area contributed by atoms with Gasteiger partial charge in [-0.3, -0.25) is 9.69 Å². The molecule has 1 aliphatic rings. The summed E-state index contributed by atoms with van der Waals surface area (Å²) in [6.07, 6.45) is 7.45. The highest BCUT2D eigenvalue weighted by atomic mass is 16.1. The zero-order valence-corrected chi connectivity index (χ0v) is 9.72. The van der Waals surface area contributed by atoms with Gasteiger partial charge in [0.15, 0.2) is 0 Å². The van der Waals surface area contributed by atoms with E-state index in [1.165, 1.54) is 19.3 Å². The second-order valence-electron chi connectivity index (χ2n) is 4.42. The number of carbonyl (C=O) groups is 1. The SMILES string of the molecule is CN(c1ccccn1)[11C](=O)C1CCCCC1. The molecule has 1 aromatic rings. The van der Waals surface area contributed by atoms with Gasteiger partial charge in [-0.15, -0.1) is 0 Å². The molecule has 3 heteroatoms. The zero-order chi connectivity index (χ0) is 11.4. The van der Waals surface area contributed by atoms with Crippen LogP contribution in [0, 0.1) is 5.92 Å². The van der Waals surface area contributed by atoms with Crippen LogP contribution in [-0.4, -0.2) is 17.9 Å². The highest BCUT2D eigenvalue weighted by molar-refractivity contribution is 5.93. The third-order valence-corrected chi connectivity index (χ3v) is 3.28. The van der Waals surface area contributed by atoms with Crippen molar-refractivity contribution >= 4 is 11.7 Å². The van der Waals surface area contributed by atoms with E-state index < -0.39 is 0 Å². The maximum absolute atomic E-state index is 12.2. The Balaban J connectivity index is 2.04. The van der Waals surface area contributed by atoms with Gasteiger partial charge in [0.25, 0.3) is 0 Å². The largest absolute Gasteiger partial charge is 0.300 e. The Morgan fingerprint density at radius 1 is 1.31 bits per heavy atom. The van der Waals surface area contributed by atoms with Crippen molar-refractivity contribution in [2.75, 3.05) is 11.9 Å². The predicted octanol–water partition coefficient (Wildman–Crippen LogP) is 2.62. The van der Waals surface area contributed by atoms with Gasteiger partial charge in [0, 0.05) is 19.2 Å². The summed E-state index contributed by atoms with van der Waals surface area (Å²) in [7, 11) is 1.82. The number of hydrogen-bond donors (Lipinski definition) is 0. The molecule has 0 N–H and O–H groups in total. The van der Waals surface area contributed by atoms with E-state index in [9.17, 15) is 4.79 Å². The lowest BCUT2D eigenvalue weighted by atomic mass is 9.70. The molecule has 1 amide bonds. The molecule has 1 fully saturated rings. The fraction of sp³-hybridized carbons (Fsp3) is 0.538. The van der Waals surface area contributed by atoms with E-state index in [1.807, 2.05) is 25.2 Å². The number of rotatable bonds is 2. The van der Waals surface area contributed by atoms with Gasteiger partial charge in [-0.25, -0.2) is 4.98 Å². The van der Waals surface area contributed by atoms with Crippen LogP contribution in [0.25, 0.3) is 0 Å². The average Bonchev–Trinajstić information content (AvgIpc) is 2.39. The molecule has 0 spiro atoms. The molecule has 0 aliphatic heterocycles. The van der Waals surface area contributed by atoms with E-state index >= 15 is 0 Å². The van der Waals surface area contributed by atoms with E-state index in [-0.39, 0.29) is 11.8 Å². The normalized spacial score (nSPS) is 17.1. The third-order valence-electron chi connectivity index (χ3n) is 3.28. The molecule has 3 nitrogen and oxygen atoms in total. The van der Waals surface area contributed by atoms with Crippen molar-refractivity contribution in [1.29, 1.82) is 0 Å². The maximum Gasteiger partial charge on any atom is 0.230 e. The van der Waals surface area contributed by atoms with Crippen molar-refractivity contribution in [3.63, 3.8) is 0 Å². The highest BCUT2D eigenvalue weighted by Gasteiger charge is 2.24. The van der Waals surface area contributed by atoms with Gasteiger partial charge >= 0.3 is 0 Å². The number of hydrogen-bond acceptors (Lipinski definition) is 2. The number of pyridine rings is 1. The molecule has 1 saturated carbocycles. The van der Waals surface area contributed by atoms with E-state index in [1.54, 1.807) is 11.1 Å². The molecule has 2 rings (SSSR count). The van der Waals surface area contributed by atoms with Crippen LogP contribution in [0.5, 0.6) is 0 Å². The summed E-state index contributed by atoms with van der Waals surface area (Å²) < 4.78 is 0. The lowest BCUT2D eigenvalue weighted by Crippen LogP contribution is -2.34. The third kappa shape index (κ3) is 2.40. The predicted molar refractivity (Wildman–Crippen MR) is 64.2 cm³/mol. The first kappa shape index (κ1) is 11.1. The summed E-state index contributed by atoms with van der Waals surface area (Å²) in [6, 6.07) is 5.65. The van der Waals surface area contributed by atoms with Gasteiger partial charge in [0.05, 0.1) is 0 Å². The van der Waals surface area contributed by atoms with Crippen LogP contribution in [0.3, 0.4) is 0 Å². The van der Waals surface area contributed by atoms with Crippen LogP contribution < -0.4 is 4.90 Å². The minimum absolute atomic E-state index is 0.209. The van der Waals surface area contributed by atoms with E-state index in [0.717, 1.165) is 18.7 Å². The molecule has 0 radical (unpaired) electrons. The zero-order valence-electron chi connectivity index (χ0n) is 9.72. The summed E-state index contributed by atoms with van der Waals surface area (Å²) in [4.78, 5) is 18.1. The molecule has 0 unspecified atom stereocenters. The molecule has 86 valence electrons. The minimum Gasteiger partial charge on any atom is -0.300 e. The van der Waals surface area contributed by atoms with Gasteiger partial charge < -0.3 is 0 Å². The molecule has 0 atom stereocenters. The van der Waals surface area contributed by atoms with Crippen molar-refractivity contribution in [2.24, 2.45) is 5.92 Å². The lowest BCUT2D eigenvalue weighted by Gasteiger charge is -2.25. The van der Waals surface area contributed by atoms with E-state index in [2.05, 4.69) is 4.98 Å². The fourth-order valence-corrected chi connectivity index (χ4v) is 2.29. The van der Waals surface area contributed by atoms with Crippen LogP contribution in [0.15, 0.2) is 24.4 Å². The van der Waals surface area contributed by atoms with Crippen molar-refractivity contribution in [3.05, 3.63) is 24.4 Å². The van der Waals surface area contributed by atoms with Gasteiger partial charge in [0.1, 0.15) is 5.82 Å². The van der Waals surface area contributed by atoms with Crippen molar-refractivity contribution in [2.45, 2.75) is 32.1 Å². The van der Waals surface area contributed by atoms with Gasteiger partial charge in [-0.1, -0.05) is 25.3 Å². The smallest absolute Gasteiger partial charge is 0.230 e. The molecule has 0 saturated heterocycles. The van der Waals surface area contributed by atoms with Crippen LogP contribution in [0.1, 0.15) is 32.1 Å². The molecule has 1 aliphatic carbocycles. The number of carbonyl (C=O) groups excluding carboxylic acids is 1. The Bertz CT molecular complexity index is 344. The molecule has 1 aromatic heterocycles. The second-order valence-corrected chi connectivity index (χ2v) is 4.42. The Morgan fingerprint density at radius 2 is 2.06 bits per heavy atom. The number of nitrogens with zero attached hydrogens (tertiary/aromatic N) is 2. The quantitative estimate of drug-likeness (QED) is 0.763. The van der Waals surface area contributed by atoms with Gasteiger partial charge in [-0.2, -0.15) is 0 Å². The van der Waals surface area contributed by atoms with Crippen LogP contribution in [0.2, 0.25) is 0 Å². The lowest BCUT2D eigenvalue weighted by molar-refractivity contribution is -0.123. The summed E-state index contributed by atoms with van der Waals surface area (Å²) in [5.74, 6) is 1.18. The van der Waals surface area contributed by atoms with Gasteiger partial charge in [0.2, 0.25) is 5.91 Å². The van der Waals surface area contributed by atoms with Crippen molar-refractivity contribution in [3.8, 4) is 0 Å². The molecular weight excluding hydrogens is 199 g/mol. The standard InChI is InChI=1S/C13H18N2O/c1-15(12-9-5-6-10-14-12)13(16)11-7-3-2-4-8-11/h5-6,9-11H,2-4,7-8H2,1H3/i13-1. The summed E-state index contributed by atoms with van der Waals surface area (Å²) in [5.41, 5.74) is 0. The summed E-state index contributed by atoms with van der Waals surface area (Å²) in [6.45, 7) is 0. The minimum atomic E-state index is 0.209. The molecule has 16 heavy (non-hydrogen) atoms. The second kappa shape index (κ2) is 5.10. The monoisotopic (exact) mass is 217 g/mol. The van der Waals surface area contributed by atoms with Crippen molar-refractivity contribution < 1.29 is 4.79 Å². The first-order valence-corrected chi connectivity index (χ1v) is 5.97. The number of anilines is 1. The molecule has 0 bridgehead atoms. The Hall–Kier alpha value is -1.38. The first-order valence-electron chi connectivity index (χ1n) is 5.97.